The van der Waals surface area contributed by atoms with Gasteiger partial charge in [0.25, 0.3) is 0 Å². The number of carbonyl (C=O) groups is 2. The smallest absolute Gasteiger partial charge is 0.308 e. The van der Waals surface area contributed by atoms with Crippen LogP contribution in [-0.2, 0) is 9.59 Å². The van der Waals surface area contributed by atoms with E-state index in [0.29, 0.717) is 25.3 Å². The minimum absolute atomic E-state index is 0.0157. The maximum atomic E-state index is 12.2. The van der Waals surface area contributed by atoms with Gasteiger partial charge in [-0.1, -0.05) is 30.3 Å². The topological polar surface area (TPSA) is 57.6 Å². The molecule has 0 aliphatic carbocycles. The quantitative estimate of drug-likeness (QED) is 0.882. The van der Waals surface area contributed by atoms with Gasteiger partial charge in [-0.2, -0.15) is 0 Å². The Kier molecular flexibility index (Phi) is 4.34. The molecule has 2 aromatic rings. The predicted octanol–water partition coefficient (Wildman–Crippen LogP) is 2.87. The third-order valence-corrected chi connectivity index (χ3v) is 4.95. The number of benzene rings is 2. The molecule has 1 aliphatic heterocycles. The van der Waals surface area contributed by atoms with Gasteiger partial charge in [0.2, 0.25) is 5.91 Å². The van der Waals surface area contributed by atoms with Gasteiger partial charge >= 0.3 is 5.97 Å². The summed E-state index contributed by atoms with van der Waals surface area (Å²) in [7, 11) is 0. The van der Waals surface area contributed by atoms with Gasteiger partial charge in [-0.3, -0.25) is 9.59 Å². The fourth-order valence-corrected chi connectivity index (χ4v) is 3.53. The van der Waals surface area contributed by atoms with Crippen molar-refractivity contribution in [2.45, 2.75) is 11.3 Å². The van der Waals surface area contributed by atoms with Crippen LogP contribution >= 0.6 is 11.8 Å². The van der Waals surface area contributed by atoms with Gasteiger partial charge in [0.05, 0.1) is 11.7 Å². The predicted molar refractivity (Wildman–Crippen MR) is 87.0 cm³/mol. The van der Waals surface area contributed by atoms with Crippen LogP contribution in [0.4, 0.5) is 0 Å². The van der Waals surface area contributed by atoms with Crippen molar-refractivity contribution in [1.82, 2.24) is 4.90 Å². The van der Waals surface area contributed by atoms with E-state index in [-0.39, 0.29) is 5.91 Å². The molecule has 4 nitrogen and oxygen atoms in total. The molecule has 1 aliphatic rings. The molecule has 0 saturated carbocycles. The highest BCUT2D eigenvalue weighted by molar-refractivity contribution is 8.00. The number of carboxylic acid groups (broad SMARTS) is 1. The van der Waals surface area contributed by atoms with Crippen molar-refractivity contribution in [3.05, 3.63) is 42.5 Å². The molecule has 1 heterocycles. The summed E-state index contributed by atoms with van der Waals surface area (Å²) in [4.78, 5) is 25.8. The number of thioether (sulfide) groups is 1. The molecule has 1 N–H and O–H groups in total. The van der Waals surface area contributed by atoms with Crippen molar-refractivity contribution in [3.8, 4) is 0 Å². The summed E-state index contributed by atoms with van der Waals surface area (Å²) in [5.74, 6) is -0.848. The Balaban J connectivity index is 1.59. The molecule has 22 heavy (non-hydrogen) atoms. The minimum atomic E-state index is -0.808. The van der Waals surface area contributed by atoms with E-state index in [2.05, 4.69) is 24.3 Å². The summed E-state index contributed by atoms with van der Waals surface area (Å²) >= 11 is 1.50. The molecule has 1 atom stereocenters. The summed E-state index contributed by atoms with van der Waals surface area (Å²) in [5, 5.41) is 11.3. The summed E-state index contributed by atoms with van der Waals surface area (Å²) in [6.07, 6.45) is 0.557. The maximum absolute atomic E-state index is 12.2. The van der Waals surface area contributed by atoms with Gasteiger partial charge in [-0.15, -0.1) is 11.8 Å². The molecule has 0 radical (unpaired) electrons. The van der Waals surface area contributed by atoms with E-state index >= 15 is 0 Å². The molecule has 2 aromatic carbocycles. The molecule has 1 amide bonds. The second kappa shape index (κ2) is 6.40. The summed E-state index contributed by atoms with van der Waals surface area (Å²) < 4.78 is 0. The number of carboxylic acids is 1. The molecule has 0 bridgehead atoms. The van der Waals surface area contributed by atoms with Crippen molar-refractivity contribution in [3.63, 3.8) is 0 Å². The van der Waals surface area contributed by atoms with E-state index in [1.165, 1.54) is 17.1 Å². The Hall–Kier alpha value is -2.01. The number of hydrogen-bond acceptors (Lipinski definition) is 3. The monoisotopic (exact) mass is 315 g/mol. The highest BCUT2D eigenvalue weighted by Gasteiger charge is 2.30. The first-order valence-corrected chi connectivity index (χ1v) is 8.24. The average Bonchev–Trinajstić information content (AvgIpc) is 3.03. The lowest BCUT2D eigenvalue weighted by Gasteiger charge is -2.15. The third-order valence-electron chi connectivity index (χ3n) is 3.97. The molecule has 0 aromatic heterocycles. The van der Waals surface area contributed by atoms with Gasteiger partial charge < -0.3 is 10.0 Å². The number of amides is 1. The van der Waals surface area contributed by atoms with E-state index in [0.717, 1.165) is 10.3 Å². The van der Waals surface area contributed by atoms with E-state index in [1.54, 1.807) is 4.90 Å². The van der Waals surface area contributed by atoms with Gasteiger partial charge in [-0.05, 0) is 29.3 Å². The first-order valence-electron chi connectivity index (χ1n) is 7.25. The van der Waals surface area contributed by atoms with E-state index in [9.17, 15) is 9.59 Å². The van der Waals surface area contributed by atoms with Crippen LogP contribution in [0.15, 0.2) is 47.4 Å². The third kappa shape index (κ3) is 3.25. The molecule has 0 spiro atoms. The van der Waals surface area contributed by atoms with Gasteiger partial charge in [0, 0.05) is 18.0 Å². The molecule has 114 valence electrons. The van der Waals surface area contributed by atoms with Crippen molar-refractivity contribution in [1.29, 1.82) is 0 Å². The molecule has 5 heteroatoms. The lowest BCUT2D eigenvalue weighted by molar-refractivity contribution is -0.141. The molecule has 3 rings (SSSR count). The minimum Gasteiger partial charge on any atom is -0.481 e. The standard InChI is InChI=1S/C17H17NO3S/c19-16(18-8-7-14(10-18)17(20)21)11-22-15-6-5-12-3-1-2-4-13(12)9-15/h1-6,9,14H,7-8,10-11H2,(H,20,21). The number of nitrogens with zero attached hydrogens (tertiary/aromatic N) is 1. The van der Waals surface area contributed by atoms with E-state index in [4.69, 9.17) is 5.11 Å². The Morgan fingerprint density at radius 3 is 2.68 bits per heavy atom. The van der Waals surface area contributed by atoms with Crippen LogP contribution in [0.2, 0.25) is 0 Å². The van der Waals surface area contributed by atoms with Crippen LogP contribution in [0.25, 0.3) is 10.8 Å². The first-order chi connectivity index (χ1) is 10.6. The van der Waals surface area contributed by atoms with Crippen LogP contribution in [0.5, 0.6) is 0 Å². The Labute approximate surface area is 133 Å². The number of hydrogen-bond donors (Lipinski definition) is 1. The van der Waals surface area contributed by atoms with Gasteiger partial charge in [0.15, 0.2) is 0 Å². The Morgan fingerprint density at radius 1 is 1.18 bits per heavy atom. The lowest BCUT2D eigenvalue weighted by Crippen LogP contribution is -2.31. The second-order valence-corrected chi connectivity index (χ2v) is 6.51. The normalized spacial score (nSPS) is 17.8. The zero-order chi connectivity index (χ0) is 15.5. The molecule has 1 unspecified atom stereocenters. The van der Waals surface area contributed by atoms with Crippen LogP contribution in [0.3, 0.4) is 0 Å². The SMILES string of the molecule is O=C(O)C1CCN(C(=O)CSc2ccc3ccccc3c2)C1. The zero-order valence-corrected chi connectivity index (χ0v) is 12.9. The largest absolute Gasteiger partial charge is 0.481 e. The van der Waals surface area contributed by atoms with Crippen LogP contribution in [0, 0.1) is 5.92 Å². The molecular formula is C17H17NO3S. The average molecular weight is 315 g/mol. The van der Waals surface area contributed by atoms with Crippen LogP contribution < -0.4 is 0 Å². The fourth-order valence-electron chi connectivity index (χ4n) is 2.68. The highest BCUT2D eigenvalue weighted by Crippen LogP contribution is 2.25. The summed E-state index contributed by atoms with van der Waals surface area (Å²) in [5.41, 5.74) is 0. The number of rotatable bonds is 4. The van der Waals surface area contributed by atoms with Crippen LogP contribution in [0.1, 0.15) is 6.42 Å². The second-order valence-electron chi connectivity index (χ2n) is 5.46. The molecule has 1 saturated heterocycles. The maximum Gasteiger partial charge on any atom is 0.308 e. The number of fused-ring (bicyclic) bond motifs is 1. The number of likely N-dealkylation sites (tertiary alicyclic amines) is 1. The first kappa shape index (κ1) is 14.9. The van der Waals surface area contributed by atoms with Crippen molar-refractivity contribution < 1.29 is 14.7 Å². The lowest BCUT2D eigenvalue weighted by atomic mass is 10.1. The highest BCUT2D eigenvalue weighted by atomic mass is 32.2. The van der Waals surface area contributed by atoms with Crippen molar-refractivity contribution in [2.24, 2.45) is 5.92 Å². The van der Waals surface area contributed by atoms with E-state index in [1.807, 2.05) is 18.2 Å². The Morgan fingerprint density at radius 2 is 1.95 bits per heavy atom. The van der Waals surface area contributed by atoms with Crippen LogP contribution in [-0.4, -0.2) is 40.7 Å². The van der Waals surface area contributed by atoms with Gasteiger partial charge in [-0.25, -0.2) is 0 Å². The molecular weight excluding hydrogens is 298 g/mol. The summed E-state index contributed by atoms with van der Waals surface area (Å²) in [6, 6.07) is 14.3. The van der Waals surface area contributed by atoms with E-state index < -0.39 is 11.9 Å². The van der Waals surface area contributed by atoms with Gasteiger partial charge in [0.1, 0.15) is 0 Å². The zero-order valence-electron chi connectivity index (χ0n) is 12.1. The van der Waals surface area contributed by atoms with Crippen molar-refractivity contribution in [2.75, 3.05) is 18.8 Å². The molecule has 1 fully saturated rings. The number of aliphatic carboxylic acids is 1. The van der Waals surface area contributed by atoms with Crippen molar-refractivity contribution >= 4 is 34.4 Å². The number of carbonyl (C=O) groups excluding carboxylic acids is 1. The Bertz CT molecular complexity index is 716. The summed E-state index contributed by atoms with van der Waals surface area (Å²) in [6.45, 7) is 0.889. The fraction of sp³-hybridized carbons (Fsp3) is 0.294.